The average Bonchev–Trinajstić information content (AvgIpc) is 2.79. The van der Waals surface area contributed by atoms with Gasteiger partial charge in [-0.2, -0.15) is 0 Å². The molecule has 0 aliphatic heterocycles. The molecule has 0 heterocycles. The first-order valence-electron chi connectivity index (χ1n) is 10.0. The zero-order valence-corrected chi connectivity index (χ0v) is 19.3. The van der Waals surface area contributed by atoms with Gasteiger partial charge in [-0.25, -0.2) is 10.3 Å². The molecule has 0 spiro atoms. The Balaban J connectivity index is 1.73. The maximum atomic E-state index is 12.7. The number of allylic oxidation sites excluding steroid dienone is 1. The van der Waals surface area contributed by atoms with E-state index in [4.69, 9.17) is 9.94 Å². The lowest BCUT2D eigenvalue weighted by Crippen LogP contribution is -2.18. The van der Waals surface area contributed by atoms with Gasteiger partial charge in [0.05, 0.1) is 5.69 Å². The van der Waals surface area contributed by atoms with Gasteiger partial charge in [-0.1, -0.05) is 42.5 Å². The summed E-state index contributed by atoms with van der Waals surface area (Å²) in [4.78, 5) is 23.8. The number of ether oxygens (including phenoxy) is 1. The van der Waals surface area contributed by atoms with Gasteiger partial charge in [-0.3, -0.25) is 15.3 Å². The molecule has 1 atom stereocenters. The molecule has 0 saturated heterocycles. The van der Waals surface area contributed by atoms with Crippen LogP contribution in [0.5, 0.6) is 5.75 Å². The molecule has 8 heteroatoms. The molecular formula is C24H23IN2O5. The number of aromatic hydroxyl groups is 1. The van der Waals surface area contributed by atoms with Crippen LogP contribution in [0.2, 0.25) is 0 Å². The van der Waals surface area contributed by atoms with Crippen molar-refractivity contribution in [1.82, 2.24) is 5.48 Å². The molecular weight excluding hydrogens is 523 g/mol. The van der Waals surface area contributed by atoms with E-state index in [1.807, 2.05) is 36.4 Å². The predicted octanol–water partition coefficient (Wildman–Crippen LogP) is 5.67. The highest BCUT2D eigenvalue weighted by molar-refractivity contribution is 14.1. The minimum atomic E-state index is -0.681. The highest BCUT2D eigenvalue weighted by atomic mass is 127. The van der Waals surface area contributed by atoms with Gasteiger partial charge in [-0.15, -0.1) is 0 Å². The summed E-state index contributed by atoms with van der Waals surface area (Å²) < 4.78 is 6.62. The Labute approximate surface area is 199 Å². The van der Waals surface area contributed by atoms with Crippen molar-refractivity contribution < 1.29 is 24.6 Å². The predicted molar refractivity (Wildman–Crippen MR) is 131 cm³/mol. The number of carbonyl (C=O) groups excluding carboxylic acids is 2. The SMILES string of the molecule is O=C(/C=C/CCC[C@@H](OC(=O)Nc1cccc2ccccc12)c1cc(I)ccc1O)NO. The summed E-state index contributed by atoms with van der Waals surface area (Å²) in [5, 5.41) is 23.6. The number of fused-ring (bicyclic) bond motifs is 1. The standard InChI is InChI=1S/C24H23IN2O5/c25-17-13-14-21(28)19(15-17)22(11-2-1-3-12-23(29)27-31)32-24(30)26-20-10-6-8-16-7-4-5-9-18(16)20/h3-10,12-15,22,28,31H,1-2,11H2,(H,26,30)(H,27,29)/b12-3+/t22-/m1/s1. The Kier molecular flexibility index (Phi) is 8.46. The number of unbranched alkanes of at least 4 members (excludes halogenated alkanes) is 1. The number of hydrogen-bond acceptors (Lipinski definition) is 5. The van der Waals surface area contributed by atoms with Crippen molar-refractivity contribution in [3.63, 3.8) is 0 Å². The Bertz CT molecular complexity index is 1130. The number of nitrogens with one attached hydrogen (secondary N) is 2. The van der Waals surface area contributed by atoms with Crippen LogP contribution in [0.1, 0.15) is 30.9 Å². The normalized spacial score (nSPS) is 11.9. The van der Waals surface area contributed by atoms with Crippen LogP contribution in [0.15, 0.2) is 72.8 Å². The molecule has 0 fully saturated rings. The number of hydrogen-bond donors (Lipinski definition) is 4. The second-order valence-corrected chi connectivity index (χ2v) is 8.30. The number of phenols is 1. The maximum Gasteiger partial charge on any atom is 0.412 e. The van der Waals surface area contributed by atoms with Gasteiger partial charge >= 0.3 is 6.09 Å². The van der Waals surface area contributed by atoms with Crippen molar-refractivity contribution in [3.05, 3.63) is 81.9 Å². The third-order valence-corrected chi connectivity index (χ3v) is 5.50. The Morgan fingerprint density at radius 3 is 2.69 bits per heavy atom. The average molecular weight is 546 g/mol. The molecule has 0 bridgehead atoms. The van der Waals surface area contributed by atoms with E-state index >= 15 is 0 Å². The molecule has 7 nitrogen and oxygen atoms in total. The molecule has 0 saturated carbocycles. The van der Waals surface area contributed by atoms with Crippen LogP contribution in [0.25, 0.3) is 10.8 Å². The number of amides is 2. The zero-order chi connectivity index (χ0) is 22.9. The first-order valence-corrected chi connectivity index (χ1v) is 11.1. The summed E-state index contributed by atoms with van der Waals surface area (Å²) in [6.07, 6.45) is 3.09. The second-order valence-electron chi connectivity index (χ2n) is 7.06. The van der Waals surface area contributed by atoms with Gasteiger partial charge in [0, 0.05) is 20.6 Å². The minimum Gasteiger partial charge on any atom is -0.508 e. The fourth-order valence-corrected chi connectivity index (χ4v) is 3.83. The number of hydroxylamine groups is 1. The second kappa shape index (κ2) is 11.5. The summed E-state index contributed by atoms with van der Waals surface area (Å²) in [7, 11) is 0. The highest BCUT2D eigenvalue weighted by Gasteiger charge is 2.21. The van der Waals surface area contributed by atoms with Crippen molar-refractivity contribution in [2.45, 2.75) is 25.4 Å². The van der Waals surface area contributed by atoms with Crippen LogP contribution < -0.4 is 10.8 Å². The largest absolute Gasteiger partial charge is 0.508 e. The highest BCUT2D eigenvalue weighted by Crippen LogP contribution is 2.33. The quantitative estimate of drug-likeness (QED) is 0.0958. The number of carbonyl (C=O) groups is 2. The summed E-state index contributed by atoms with van der Waals surface area (Å²) in [6.45, 7) is 0. The minimum absolute atomic E-state index is 0.0450. The summed E-state index contributed by atoms with van der Waals surface area (Å²) >= 11 is 2.13. The van der Waals surface area contributed by atoms with Crippen molar-refractivity contribution in [3.8, 4) is 5.75 Å². The lowest BCUT2D eigenvalue weighted by Gasteiger charge is -2.20. The Morgan fingerprint density at radius 1 is 1.09 bits per heavy atom. The van der Waals surface area contributed by atoms with Gasteiger partial charge in [0.25, 0.3) is 5.91 Å². The van der Waals surface area contributed by atoms with E-state index < -0.39 is 18.1 Å². The molecule has 2 amide bonds. The lowest BCUT2D eigenvalue weighted by molar-refractivity contribution is -0.124. The maximum absolute atomic E-state index is 12.7. The van der Waals surface area contributed by atoms with E-state index in [0.29, 0.717) is 30.5 Å². The number of rotatable bonds is 8. The molecule has 0 aliphatic rings. The number of benzene rings is 3. The molecule has 166 valence electrons. The van der Waals surface area contributed by atoms with E-state index in [1.165, 1.54) is 11.6 Å². The topological polar surface area (TPSA) is 108 Å². The van der Waals surface area contributed by atoms with Crippen LogP contribution >= 0.6 is 22.6 Å². The van der Waals surface area contributed by atoms with E-state index in [1.54, 1.807) is 30.3 Å². The van der Waals surface area contributed by atoms with Crippen LogP contribution in [0.3, 0.4) is 0 Å². The Hall–Kier alpha value is -3.11. The lowest BCUT2D eigenvalue weighted by atomic mass is 10.0. The van der Waals surface area contributed by atoms with E-state index in [0.717, 1.165) is 14.3 Å². The van der Waals surface area contributed by atoms with Gasteiger partial charge in [0.15, 0.2) is 0 Å². The third kappa shape index (κ3) is 6.44. The molecule has 0 aliphatic carbocycles. The van der Waals surface area contributed by atoms with Crippen molar-refractivity contribution in [1.29, 1.82) is 0 Å². The molecule has 4 N–H and O–H groups in total. The molecule has 32 heavy (non-hydrogen) atoms. The number of halogens is 1. The third-order valence-electron chi connectivity index (χ3n) is 4.83. The van der Waals surface area contributed by atoms with Crippen LogP contribution in [0, 0.1) is 3.57 Å². The molecule has 3 aromatic carbocycles. The molecule has 0 unspecified atom stereocenters. The van der Waals surface area contributed by atoms with Gasteiger partial charge in [0.1, 0.15) is 11.9 Å². The van der Waals surface area contributed by atoms with Crippen molar-refractivity contribution in [2.24, 2.45) is 0 Å². The van der Waals surface area contributed by atoms with Crippen molar-refractivity contribution in [2.75, 3.05) is 5.32 Å². The van der Waals surface area contributed by atoms with Gasteiger partial charge in [-0.05, 0) is 71.5 Å². The first kappa shape index (κ1) is 23.6. The van der Waals surface area contributed by atoms with E-state index in [9.17, 15) is 14.7 Å². The Morgan fingerprint density at radius 2 is 1.88 bits per heavy atom. The number of phenolic OH excluding ortho intramolecular Hbond substituents is 1. The van der Waals surface area contributed by atoms with Crippen LogP contribution in [-0.2, 0) is 9.53 Å². The summed E-state index contributed by atoms with van der Waals surface area (Å²) in [6, 6.07) is 18.4. The smallest absolute Gasteiger partial charge is 0.412 e. The van der Waals surface area contributed by atoms with Gasteiger partial charge < -0.3 is 9.84 Å². The van der Waals surface area contributed by atoms with E-state index in [-0.39, 0.29) is 5.75 Å². The van der Waals surface area contributed by atoms with Crippen LogP contribution in [-0.4, -0.2) is 22.3 Å². The first-order chi connectivity index (χ1) is 15.5. The molecule has 3 aromatic rings. The van der Waals surface area contributed by atoms with Crippen LogP contribution in [0.4, 0.5) is 10.5 Å². The van der Waals surface area contributed by atoms with E-state index in [2.05, 4.69) is 27.9 Å². The number of anilines is 1. The fraction of sp³-hybridized carbons (Fsp3) is 0.167. The summed E-state index contributed by atoms with van der Waals surface area (Å²) in [5.74, 6) is -0.564. The monoisotopic (exact) mass is 546 g/mol. The summed E-state index contributed by atoms with van der Waals surface area (Å²) in [5.41, 5.74) is 2.68. The van der Waals surface area contributed by atoms with Gasteiger partial charge in [0.2, 0.25) is 0 Å². The molecule has 0 aromatic heterocycles. The molecule has 3 rings (SSSR count). The fourth-order valence-electron chi connectivity index (χ4n) is 3.31. The zero-order valence-electron chi connectivity index (χ0n) is 17.1. The van der Waals surface area contributed by atoms with Crippen molar-refractivity contribution >= 4 is 51.1 Å². The molecule has 0 radical (unpaired) electrons.